The van der Waals surface area contributed by atoms with E-state index in [-0.39, 0.29) is 12.6 Å². The number of rotatable bonds is 4. The van der Waals surface area contributed by atoms with Crippen molar-refractivity contribution in [1.82, 2.24) is 4.90 Å². The van der Waals surface area contributed by atoms with Crippen molar-refractivity contribution in [2.45, 2.75) is 63.2 Å². The van der Waals surface area contributed by atoms with Crippen LogP contribution in [0.15, 0.2) is 0 Å². The van der Waals surface area contributed by atoms with Gasteiger partial charge >= 0.3 is 0 Å². The molecule has 0 saturated heterocycles. The van der Waals surface area contributed by atoms with Crippen LogP contribution in [-0.4, -0.2) is 41.4 Å². The zero-order chi connectivity index (χ0) is 10.7. The van der Waals surface area contributed by atoms with Gasteiger partial charge in [-0.3, -0.25) is 4.90 Å². The Labute approximate surface area is 91.5 Å². The minimum absolute atomic E-state index is 0.111. The number of alkyl halides is 1. The lowest BCUT2D eigenvalue weighted by Crippen LogP contribution is -2.54. The van der Waals surface area contributed by atoms with Crippen molar-refractivity contribution >= 4 is 0 Å². The molecule has 0 aromatic heterocycles. The quantitative estimate of drug-likeness (QED) is 0.776. The molecule has 0 aromatic rings. The first kappa shape index (κ1) is 11.3. The van der Waals surface area contributed by atoms with Gasteiger partial charge in [0.15, 0.2) is 0 Å². The predicted octanol–water partition coefficient (Wildman–Crippen LogP) is 2.11. The van der Waals surface area contributed by atoms with E-state index in [1.807, 2.05) is 0 Å². The summed E-state index contributed by atoms with van der Waals surface area (Å²) in [6.07, 6.45) is 7.34. The summed E-state index contributed by atoms with van der Waals surface area (Å²) in [5, 5.41) is 9.06. The number of hydrogen-bond acceptors (Lipinski definition) is 2. The van der Waals surface area contributed by atoms with Crippen LogP contribution < -0.4 is 0 Å². The van der Waals surface area contributed by atoms with Gasteiger partial charge in [-0.1, -0.05) is 19.3 Å². The Morgan fingerprint density at radius 1 is 1.07 bits per heavy atom. The zero-order valence-electron chi connectivity index (χ0n) is 9.37. The lowest BCUT2D eigenvalue weighted by molar-refractivity contribution is -0.0123. The normalized spacial score (nSPS) is 33.0. The van der Waals surface area contributed by atoms with Gasteiger partial charge in [-0.2, -0.15) is 0 Å². The highest BCUT2D eigenvalue weighted by atomic mass is 19.1. The van der Waals surface area contributed by atoms with Gasteiger partial charge in [0.1, 0.15) is 6.17 Å². The van der Waals surface area contributed by atoms with Gasteiger partial charge in [-0.05, 0) is 25.7 Å². The van der Waals surface area contributed by atoms with E-state index in [2.05, 4.69) is 4.90 Å². The third-order valence-corrected chi connectivity index (χ3v) is 3.98. The maximum atomic E-state index is 13.4. The lowest BCUT2D eigenvalue weighted by atomic mass is 9.85. The molecular formula is C12H22FNO. The molecule has 15 heavy (non-hydrogen) atoms. The second-order valence-corrected chi connectivity index (χ2v) is 4.91. The van der Waals surface area contributed by atoms with Gasteiger partial charge in [0, 0.05) is 18.6 Å². The van der Waals surface area contributed by atoms with Crippen molar-refractivity contribution in [3.63, 3.8) is 0 Å². The van der Waals surface area contributed by atoms with E-state index < -0.39 is 6.17 Å². The third kappa shape index (κ3) is 2.51. The molecule has 2 saturated carbocycles. The molecule has 88 valence electrons. The monoisotopic (exact) mass is 215 g/mol. The number of nitrogens with zero attached hydrogens (tertiary/aromatic N) is 1. The van der Waals surface area contributed by atoms with E-state index in [9.17, 15) is 4.39 Å². The summed E-state index contributed by atoms with van der Waals surface area (Å²) in [5.74, 6) is 0. The second kappa shape index (κ2) is 5.26. The molecule has 0 aromatic carbocycles. The van der Waals surface area contributed by atoms with Gasteiger partial charge in [-0.25, -0.2) is 4.39 Å². The molecule has 2 aliphatic rings. The Hall–Kier alpha value is -0.150. The summed E-state index contributed by atoms with van der Waals surface area (Å²) in [6, 6.07) is 0.648. The van der Waals surface area contributed by atoms with Crippen LogP contribution in [-0.2, 0) is 0 Å². The smallest absolute Gasteiger partial charge is 0.116 e. The first-order valence-corrected chi connectivity index (χ1v) is 6.33. The minimum atomic E-state index is -0.640. The van der Waals surface area contributed by atoms with Crippen LogP contribution in [0.4, 0.5) is 4.39 Å². The van der Waals surface area contributed by atoms with Crippen molar-refractivity contribution in [1.29, 1.82) is 0 Å². The Balaban J connectivity index is 1.91. The molecule has 0 amide bonds. The predicted molar refractivity (Wildman–Crippen MR) is 58.6 cm³/mol. The first-order chi connectivity index (χ1) is 7.33. The molecule has 0 bridgehead atoms. The molecule has 2 unspecified atom stereocenters. The molecule has 2 atom stereocenters. The SMILES string of the molecule is OCCN(C1CCCCC1)C1CCC1F. The van der Waals surface area contributed by atoms with Crippen molar-refractivity contribution in [3.8, 4) is 0 Å². The van der Waals surface area contributed by atoms with Gasteiger partial charge in [0.05, 0.1) is 6.61 Å². The molecule has 3 heteroatoms. The Bertz CT molecular complexity index is 194. The average Bonchev–Trinajstić information content (AvgIpc) is 2.28. The standard InChI is InChI=1S/C12H22FNO/c13-11-6-7-12(11)14(8-9-15)10-4-2-1-3-5-10/h10-12,15H,1-9H2. The summed E-state index contributed by atoms with van der Waals surface area (Å²) < 4.78 is 13.4. The molecule has 0 heterocycles. The molecule has 2 nitrogen and oxygen atoms in total. The topological polar surface area (TPSA) is 23.5 Å². The molecule has 0 spiro atoms. The maximum Gasteiger partial charge on any atom is 0.116 e. The summed E-state index contributed by atoms with van der Waals surface area (Å²) >= 11 is 0. The fourth-order valence-electron chi connectivity index (χ4n) is 2.96. The lowest BCUT2D eigenvalue weighted by Gasteiger charge is -2.45. The van der Waals surface area contributed by atoms with Crippen molar-refractivity contribution in [2.24, 2.45) is 0 Å². The summed E-state index contributed by atoms with van der Waals surface area (Å²) in [7, 11) is 0. The number of hydrogen-bond donors (Lipinski definition) is 1. The first-order valence-electron chi connectivity index (χ1n) is 6.33. The van der Waals surface area contributed by atoms with Crippen LogP contribution in [0.2, 0.25) is 0 Å². The van der Waals surface area contributed by atoms with Gasteiger partial charge in [-0.15, -0.1) is 0 Å². The van der Waals surface area contributed by atoms with E-state index in [0.29, 0.717) is 12.6 Å². The zero-order valence-corrected chi connectivity index (χ0v) is 9.37. The largest absolute Gasteiger partial charge is 0.395 e. The van der Waals surface area contributed by atoms with E-state index in [1.54, 1.807) is 0 Å². The van der Waals surface area contributed by atoms with Crippen LogP contribution in [0.25, 0.3) is 0 Å². The summed E-state index contributed by atoms with van der Waals surface area (Å²) in [4.78, 5) is 2.24. The number of aliphatic hydroxyl groups excluding tert-OH is 1. The Morgan fingerprint density at radius 2 is 1.80 bits per heavy atom. The molecular weight excluding hydrogens is 193 g/mol. The van der Waals surface area contributed by atoms with Crippen molar-refractivity contribution in [3.05, 3.63) is 0 Å². The third-order valence-electron chi connectivity index (χ3n) is 3.98. The van der Waals surface area contributed by atoms with Crippen LogP contribution in [0.1, 0.15) is 44.9 Å². The highest BCUT2D eigenvalue weighted by Crippen LogP contribution is 2.33. The van der Waals surface area contributed by atoms with Crippen LogP contribution in [0, 0.1) is 0 Å². The van der Waals surface area contributed by atoms with E-state index in [0.717, 1.165) is 12.8 Å². The molecule has 0 aliphatic heterocycles. The Morgan fingerprint density at radius 3 is 2.27 bits per heavy atom. The van der Waals surface area contributed by atoms with E-state index >= 15 is 0 Å². The highest BCUT2D eigenvalue weighted by molar-refractivity contribution is 4.92. The Kier molecular flexibility index (Phi) is 3.98. The molecule has 2 rings (SSSR count). The van der Waals surface area contributed by atoms with Crippen molar-refractivity contribution < 1.29 is 9.50 Å². The second-order valence-electron chi connectivity index (χ2n) is 4.91. The highest BCUT2D eigenvalue weighted by Gasteiger charge is 2.38. The number of halogens is 1. The van der Waals surface area contributed by atoms with Crippen LogP contribution >= 0.6 is 0 Å². The molecule has 2 aliphatic carbocycles. The van der Waals surface area contributed by atoms with E-state index in [4.69, 9.17) is 5.11 Å². The minimum Gasteiger partial charge on any atom is -0.395 e. The fourth-order valence-corrected chi connectivity index (χ4v) is 2.96. The van der Waals surface area contributed by atoms with Gasteiger partial charge in [0.2, 0.25) is 0 Å². The summed E-state index contributed by atoms with van der Waals surface area (Å²) in [5.41, 5.74) is 0. The van der Waals surface area contributed by atoms with Gasteiger partial charge < -0.3 is 5.11 Å². The van der Waals surface area contributed by atoms with E-state index in [1.165, 1.54) is 32.1 Å². The van der Waals surface area contributed by atoms with Crippen LogP contribution in [0.3, 0.4) is 0 Å². The molecule has 0 radical (unpaired) electrons. The number of aliphatic hydroxyl groups is 1. The maximum absolute atomic E-state index is 13.4. The molecule has 2 fully saturated rings. The summed E-state index contributed by atoms with van der Waals surface area (Å²) in [6.45, 7) is 0.829. The van der Waals surface area contributed by atoms with Gasteiger partial charge in [0.25, 0.3) is 0 Å². The average molecular weight is 215 g/mol. The fraction of sp³-hybridized carbons (Fsp3) is 1.00. The molecule has 1 N–H and O–H groups in total. The van der Waals surface area contributed by atoms with Crippen molar-refractivity contribution in [2.75, 3.05) is 13.2 Å². The van der Waals surface area contributed by atoms with Crippen LogP contribution in [0.5, 0.6) is 0 Å².